The van der Waals surface area contributed by atoms with E-state index in [1.54, 1.807) is 11.5 Å². The fourth-order valence-corrected chi connectivity index (χ4v) is 3.55. The Balaban J connectivity index is 1.95. The van der Waals surface area contributed by atoms with E-state index in [2.05, 4.69) is 10.3 Å². The molecule has 0 spiro atoms. The van der Waals surface area contributed by atoms with Gasteiger partial charge in [0.25, 0.3) is 5.56 Å². The third-order valence-corrected chi connectivity index (χ3v) is 5.06. The van der Waals surface area contributed by atoms with Crippen molar-refractivity contribution in [1.29, 1.82) is 0 Å². The van der Waals surface area contributed by atoms with Gasteiger partial charge in [0, 0.05) is 24.5 Å². The number of aliphatic imine (C=N–C) groups is 1. The van der Waals surface area contributed by atoms with Crippen molar-refractivity contribution in [2.75, 3.05) is 5.32 Å². The van der Waals surface area contributed by atoms with E-state index in [1.165, 1.54) is 4.57 Å². The van der Waals surface area contributed by atoms with E-state index in [-0.39, 0.29) is 17.0 Å². The van der Waals surface area contributed by atoms with Crippen LogP contribution in [0.5, 0.6) is 5.88 Å². The van der Waals surface area contributed by atoms with Gasteiger partial charge in [0.05, 0.1) is 11.4 Å². The fourth-order valence-electron chi connectivity index (χ4n) is 3.13. The molecule has 29 heavy (non-hydrogen) atoms. The summed E-state index contributed by atoms with van der Waals surface area (Å²) in [5.41, 5.74) is 2.91. The molecule has 0 aliphatic heterocycles. The molecule has 0 aliphatic rings. The molecular formula is C22H24N4O2S. The number of nitrogens with zero attached hydrogens (tertiary/aromatic N) is 3. The first-order valence-corrected chi connectivity index (χ1v) is 9.91. The summed E-state index contributed by atoms with van der Waals surface area (Å²) in [7, 11) is 0. The van der Waals surface area contributed by atoms with Crippen LogP contribution in [-0.2, 0) is 13.1 Å². The molecule has 6 nitrogen and oxygen atoms in total. The summed E-state index contributed by atoms with van der Waals surface area (Å²) >= 11 is 5.33. The van der Waals surface area contributed by atoms with Crippen molar-refractivity contribution in [3.63, 3.8) is 0 Å². The van der Waals surface area contributed by atoms with Gasteiger partial charge in [-0.2, -0.15) is 0 Å². The topological polar surface area (TPSA) is 71.6 Å². The summed E-state index contributed by atoms with van der Waals surface area (Å²) < 4.78 is 3.33. The zero-order chi connectivity index (χ0) is 21.0. The van der Waals surface area contributed by atoms with Crippen LogP contribution in [0.25, 0.3) is 0 Å². The Morgan fingerprint density at radius 1 is 1.00 bits per heavy atom. The molecule has 3 aromatic rings. The molecule has 1 aromatic heterocycles. The maximum absolute atomic E-state index is 12.8. The first-order valence-electron chi connectivity index (χ1n) is 9.50. The highest BCUT2D eigenvalue weighted by molar-refractivity contribution is 7.71. The van der Waals surface area contributed by atoms with E-state index >= 15 is 0 Å². The molecule has 0 radical (unpaired) electrons. The van der Waals surface area contributed by atoms with Gasteiger partial charge >= 0.3 is 0 Å². The van der Waals surface area contributed by atoms with E-state index in [4.69, 9.17) is 12.2 Å². The molecule has 0 saturated carbocycles. The third kappa shape index (κ3) is 4.30. The lowest BCUT2D eigenvalue weighted by Gasteiger charge is -2.15. The summed E-state index contributed by atoms with van der Waals surface area (Å²) in [5.74, 6) is -0.143. The molecule has 0 atom stereocenters. The summed E-state index contributed by atoms with van der Waals surface area (Å²) in [6.07, 6.45) is 0. The molecule has 0 fully saturated rings. The van der Waals surface area contributed by atoms with Crippen LogP contribution in [0, 0.1) is 4.77 Å². The minimum atomic E-state index is -0.330. The second-order valence-electron chi connectivity index (χ2n) is 6.51. The molecule has 0 aliphatic carbocycles. The van der Waals surface area contributed by atoms with Crippen LogP contribution < -0.4 is 10.9 Å². The van der Waals surface area contributed by atoms with Crippen LogP contribution in [0.4, 0.5) is 17.1 Å². The average Bonchev–Trinajstić information content (AvgIpc) is 2.71. The molecule has 2 N–H and O–H groups in total. The van der Waals surface area contributed by atoms with Crippen molar-refractivity contribution in [2.45, 2.75) is 33.9 Å². The molecule has 0 amide bonds. The maximum Gasteiger partial charge on any atom is 0.267 e. The summed E-state index contributed by atoms with van der Waals surface area (Å²) in [5, 5.41) is 13.9. The third-order valence-electron chi connectivity index (χ3n) is 4.62. The van der Waals surface area contributed by atoms with Crippen LogP contribution in [0.15, 0.2) is 64.4 Å². The van der Waals surface area contributed by atoms with Gasteiger partial charge in [0.2, 0.25) is 5.88 Å². The van der Waals surface area contributed by atoms with Gasteiger partial charge in [0.15, 0.2) is 4.77 Å². The molecular weight excluding hydrogens is 384 g/mol. The molecule has 1 heterocycles. The SMILES string of the molecule is CCn1c(O)c(C(C)=Nc2ccc(Nc3ccccc3)cc2)c(=O)n(CC)c1=S. The van der Waals surface area contributed by atoms with Gasteiger partial charge < -0.3 is 10.4 Å². The van der Waals surface area contributed by atoms with Crippen molar-refractivity contribution < 1.29 is 5.11 Å². The van der Waals surface area contributed by atoms with Gasteiger partial charge in [-0.05, 0) is 69.4 Å². The van der Waals surface area contributed by atoms with Gasteiger partial charge in [0.1, 0.15) is 5.56 Å². The van der Waals surface area contributed by atoms with Crippen molar-refractivity contribution in [2.24, 2.45) is 4.99 Å². The van der Waals surface area contributed by atoms with E-state index in [9.17, 15) is 9.90 Å². The largest absolute Gasteiger partial charge is 0.494 e. The number of aromatic hydroxyl groups is 1. The van der Waals surface area contributed by atoms with E-state index in [0.29, 0.717) is 29.3 Å². The summed E-state index contributed by atoms with van der Waals surface area (Å²) in [6.45, 7) is 6.33. The molecule has 0 bridgehead atoms. The fraction of sp³-hybridized carbons (Fsp3) is 0.227. The van der Waals surface area contributed by atoms with Crippen LogP contribution in [0.1, 0.15) is 26.3 Å². The van der Waals surface area contributed by atoms with E-state index in [1.807, 2.05) is 68.4 Å². The highest BCUT2D eigenvalue weighted by atomic mass is 32.1. The Morgan fingerprint density at radius 3 is 2.17 bits per heavy atom. The van der Waals surface area contributed by atoms with Crippen LogP contribution in [0.2, 0.25) is 0 Å². The highest BCUT2D eigenvalue weighted by Crippen LogP contribution is 2.22. The number of rotatable bonds is 6. The van der Waals surface area contributed by atoms with Crippen LogP contribution in [-0.4, -0.2) is 20.0 Å². The lowest BCUT2D eigenvalue weighted by molar-refractivity contribution is 0.399. The Morgan fingerprint density at radius 2 is 1.59 bits per heavy atom. The van der Waals surface area contributed by atoms with E-state index < -0.39 is 0 Å². The zero-order valence-electron chi connectivity index (χ0n) is 16.7. The Kier molecular flexibility index (Phi) is 6.29. The summed E-state index contributed by atoms with van der Waals surface area (Å²) in [6, 6.07) is 17.4. The number of hydrogen-bond acceptors (Lipinski definition) is 5. The van der Waals surface area contributed by atoms with E-state index in [0.717, 1.165) is 11.4 Å². The highest BCUT2D eigenvalue weighted by Gasteiger charge is 2.18. The minimum absolute atomic E-state index is 0.143. The van der Waals surface area contributed by atoms with Gasteiger partial charge in [-0.1, -0.05) is 18.2 Å². The number of nitrogens with one attached hydrogen (secondary N) is 1. The van der Waals surface area contributed by atoms with Crippen molar-refractivity contribution >= 4 is 35.0 Å². The molecule has 0 unspecified atom stereocenters. The summed E-state index contributed by atoms with van der Waals surface area (Å²) in [4.78, 5) is 17.4. The number of para-hydroxylation sites is 1. The second-order valence-corrected chi connectivity index (χ2v) is 6.88. The first-order chi connectivity index (χ1) is 14.0. The zero-order valence-corrected chi connectivity index (χ0v) is 17.5. The normalized spacial score (nSPS) is 11.5. The van der Waals surface area contributed by atoms with Crippen LogP contribution >= 0.6 is 12.2 Å². The smallest absolute Gasteiger partial charge is 0.267 e. The molecule has 2 aromatic carbocycles. The van der Waals surface area contributed by atoms with Crippen molar-refractivity contribution in [3.05, 3.63) is 75.3 Å². The standard InChI is InChI=1S/C22H24N4O2S/c1-4-25-20(27)19(21(28)26(5-2)22(25)29)15(3)23-17-11-13-18(14-12-17)24-16-9-7-6-8-10-16/h6-14,24,27H,4-5H2,1-3H3. The quantitative estimate of drug-likeness (QED) is 0.444. The van der Waals surface area contributed by atoms with Crippen molar-refractivity contribution in [1.82, 2.24) is 9.13 Å². The van der Waals surface area contributed by atoms with Gasteiger partial charge in [-0.3, -0.25) is 18.9 Å². The predicted molar refractivity (Wildman–Crippen MR) is 121 cm³/mol. The maximum atomic E-state index is 12.8. The molecule has 3 rings (SSSR count). The molecule has 0 saturated heterocycles. The Labute approximate surface area is 174 Å². The molecule has 7 heteroatoms. The first kappa shape index (κ1) is 20.5. The molecule has 150 valence electrons. The Hall–Kier alpha value is -3.19. The number of hydrogen-bond donors (Lipinski definition) is 2. The minimum Gasteiger partial charge on any atom is -0.494 e. The van der Waals surface area contributed by atoms with Crippen LogP contribution in [0.3, 0.4) is 0 Å². The Bertz CT molecular complexity index is 1150. The van der Waals surface area contributed by atoms with Gasteiger partial charge in [-0.25, -0.2) is 0 Å². The second kappa shape index (κ2) is 8.87. The lowest BCUT2D eigenvalue weighted by Crippen LogP contribution is -2.29. The lowest BCUT2D eigenvalue weighted by atomic mass is 10.2. The average molecular weight is 409 g/mol. The monoisotopic (exact) mass is 408 g/mol. The van der Waals surface area contributed by atoms with Crippen molar-refractivity contribution in [3.8, 4) is 5.88 Å². The number of benzene rings is 2. The number of aromatic nitrogens is 2. The van der Waals surface area contributed by atoms with Gasteiger partial charge in [-0.15, -0.1) is 0 Å². The number of anilines is 2. The predicted octanol–water partition coefficient (Wildman–Crippen LogP) is 5.01.